The number of benzene rings is 1. The van der Waals surface area contributed by atoms with Crippen LogP contribution in [0.1, 0.15) is 13.3 Å². The van der Waals surface area contributed by atoms with Crippen LogP contribution in [0.2, 0.25) is 5.02 Å². The highest BCUT2D eigenvalue weighted by atomic mass is 35.5. The van der Waals surface area contributed by atoms with E-state index < -0.39 is 5.41 Å². The zero-order valence-electron chi connectivity index (χ0n) is 11.0. The topological polar surface area (TPSA) is 37.4 Å². The van der Waals surface area contributed by atoms with Crippen LogP contribution < -0.4 is 4.90 Å². The molecule has 2 aliphatic carbocycles. The Morgan fingerprint density at radius 3 is 2.80 bits per heavy atom. The van der Waals surface area contributed by atoms with Crippen LogP contribution in [0.4, 0.5) is 5.69 Å². The summed E-state index contributed by atoms with van der Waals surface area (Å²) in [5.41, 5.74) is 0.0151. The summed E-state index contributed by atoms with van der Waals surface area (Å²) in [7, 11) is 0. The Bertz CT molecular complexity index is 668. The molecule has 0 unspecified atom stereocenters. The van der Waals surface area contributed by atoms with Gasteiger partial charge in [-0.15, -0.1) is 0 Å². The second kappa shape index (κ2) is 3.73. The van der Waals surface area contributed by atoms with Crippen molar-refractivity contribution < 1.29 is 9.59 Å². The first-order valence-corrected chi connectivity index (χ1v) is 7.23. The zero-order valence-corrected chi connectivity index (χ0v) is 11.8. The molecule has 4 heteroatoms. The van der Waals surface area contributed by atoms with Crippen LogP contribution in [0.5, 0.6) is 0 Å². The number of nitrogens with zero attached hydrogens (tertiary/aromatic N) is 1. The van der Waals surface area contributed by atoms with E-state index >= 15 is 0 Å². The quantitative estimate of drug-likeness (QED) is 0.588. The molecule has 3 aliphatic rings. The van der Waals surface area contributed by atoms with E-state index in [9.17, 15) is 9.59 Å². The second-order valence-corrected chi connectivity index (χ2v) is 6.55. The van der Waals surface area contributed by atoms with Gasteiger partial charge in [-0.05, 0) is 43.4 Å². The molecule has 4 atom stereocenters. The van der Waals surface area contributed by atoms with E-state index in [0.717, 1.165) is 6.42 Å². The third kappa shape index (κ3) is 1.27. The summed E-state index contributed by atoms with van der Waals surface area (Å²) < 4.78 is 0. The summed E-state index contributed by atoms with van der Waals surface area (Å²) in [4.78, 5) is 26.9. The summed E-state index contributed by atoms with van der Waals surface area (Å²) in [5, 5.41) is 0.534. The molecule has 102 valence electrons. The molecule has 4 rings (SSSR count). The van der Waals surface area contributed by atoms with Gasteiger partial charge in [-0.1, -0.05) is 29.8 Å². The fraction of sp³-hybridized carbons (Fsp3) is 0.375. The van der Waals surface area contributed by atoms with Crippen molar-refractivity contribution in [2.75, 3.05) is 4.90 Å². The lowest BCUT2D eigenvalue weighted by Crippen LogP contribution is -2.37. The highest BCUT2D eigenvalue weighted by Crippen LogP contribution is 2.60. The number of allylic oxidation sites excluding steroid dienone is 2. The van der Waals surface area contributed by atoms with E-state index in [4.69, 9.17) is 11.6 Å². The van der Waals surface area contributed by atoms with Gasteiger partial charge in [0.2, 0.25) is 11.8 Å². The average molecular weight is 288 g/mol. The first kappa shape index (κ1) is 12.2. The van der Waals surface area contributed by atoms with Gasteiger partial charge in [-0.2, -0.15) is 0 Å². The standard InChI is InChI=1S/C16H14ClNO2/c1-16-10-6-5-9(7-10)13(16)14(19)18(15(16)20)12-4-2-3-11(17)8-12/h2-6,8-10,13H,7H2,1H3/t9-,10+,13-,16-/m0/s1. The number of halogens is 1. The van der Waals surface area contributed by atoms with Crippen LogP contribution in [0, 0.1) is 23.2 Å². The van der Waals surface area contributed by atoms with Crippen molar-refractivity contribution in [1.29, 1.82) is 0 Å². The Morgan fingerprint density at radius 1 is 1.30 bits per heavy atom. The molecule has 2 bridgehead atoms. The normalized spacial score (nSPS) is 37.9. The van der Waals surface area contributed by atoms with Crippen LogP contribution in [0.25, 0.3) is 0 Å². The average Bonchev–Trinajstić information content (AvgIpc) is 3.03. The molecule has 1 heterocycles. The monoisotopic (exact) mass is 287 g/mol. The van der Waals surface area contributed by atoms with E-state index in [-0.39, 0.29) is 29.6 Å². The zero-order chi connectivity index (χ0) is 14.1. The third-order valence-electron chi connectivity index (χ3n) is 5.18. The maximum atomic E-state index is 12.8. The second-order valence-electron chi connectivity index (χ2n) is 6.11. The molecule has 0 aromatic heterocycles. The lowest BCUT2D eigenvalue weighted by Gasteiger charge is -2.28. The van der Waals surface area contributed by atoms with Gasteiger partial charge in [0.05, 0.1) is 17.0 Å². The minimum atomic E-state index is -0.571. The van der Waals surface area contributed by atoms with Gasteiger partial charge in [0.1, 0.15) is 0 Å². The van der Waals surface area contributed by atoms with Gasteiger partial charge in [-0.3, -0.25) is 9.59 Å². The number of carbonyl (C=O) groups excluding carboxylic acids is 2. The highest BCUT2D eigenvalue weighted by molar-refractivity contribution is 6.31. The van der Waals surface area contributed by atoms with Crippen LogP contribution in [0.15, 0.2) is 36.4 Å². The number of hydrogen-bond donors (Lipinski definition) is 0. The molecular formula is C16H14ClNO2. The third-order valence-corrected chi connectivity index (χ3v) is 5.41. The van der Waals surface area contributed by atoms with Crippen molar-refractivity contribution >= 4 is 29.1 Å². The molecule has 2 fully saturated rings. The molecule has 20 heavy (non-hydrogen) atoms. The van der Waals surface area contributed by atoms with Gasteiger partial charge in [0.15, 0.2) is 0 Å². The van der Waals surface area contributed by atoms with Gasteiger partial charge < -0.3 is 0 Å². The molecule has 3 nitrogen and oxygen atoms in total. The smallest absolute Gasteiger partial charge is 0.241 e. The minimum absolute atomic E-state index is 0.0726. The van der Waals surface area contributed by atoms with Crippen molar-refractivity contribution in [3.63, 3.8) is 0 Å². The maximum Gasteiger partial charge on any atom is 0.241 e. The van der Waals surface area contributed by atoms with Crippen molar-refractivity contribution in [1.82, 2.24) is 0 Å². The molecular weight excluding hydrogens is 274 g/mol. The van der Waals surface area contributed by atoms with Crippen molar-refractivity contribution in [3.05, 3.63) is 41.4 Å². The summed E-state index contributed by atoms with van der Waals surface area (Å²) in [6.45, 7) is 1.94. The Kier molecular flexibility index (Phi) is 2.27. The van der Waals surface area contributed by atoms with E-state index in [2.05, 4.69) is 12.2 Å². The van der Waals surface area contributed by atoms with Gasteiger partial charge in [0, 0.05) is 5.02 Å². The summed E-state index contributed by atoms with van der Waals surface area (Å²) in [5.74, 6) is 0.0518. The van der Waals surface area contributed by atoms with Gasteiger partial charge >= 0.3 is 0 Å². The lowest BCUT2D eigenvalue weighted by atomic mass is 9.71. The summed E-state index contributed by atoms with van der Waals surface area (Å²) >= 11 is 5.98. The van der Waals surface area contributed by atoms with Crippen molar-refractivity contribution in [3.8, 4) is 0 Å². The van der Waals surface area contributed by atoms with Crippen LogP contribution >= 0.6 is 11.6 Å². The number of hydrogen-bond acceptors (Lipinski definition) is 2. The van der Waals surface area contributed by atoms with Crippen molar-refractivity contribution in [2.45, 2.75) is 13.3 Å². The molecule has 0 N–H and O–H groups in total. The Labute approximate surface area is 122 Å². The predicted octanol–water partition coefficient (Wildman–Crippen LogP) is 3.04. The highest BCUT2D eigenvalue weighted by Gasteiger charge is 2.67. The van der Waals surface area contributed by atoms with E-state index in [1.807, 2.05) is 6.92 Å². The molecule has 0 spiro atoms. The first-order chi connectivity index (χ1) is 9.53. The largest absolute Gasteiger partial charge is 0.274 e. The maximum absolute atomic E-state index is 12.8. The summed E-state index contributed by atoms with van der Waals surface area (Å²) in [6.07, 6.45) is 5.14. The summed E-state index contributed by atoms with van der Waals surface area (Å²) in [6, 6.07) is 6.95. The Morgan fingerprint density at radius 2 is 2.10 bits per heavy atom. The SMILES string of the molecule is C[C@@]12C(=O)N(c3cccc(Cl)c3)C(=O)[C@@H]1[C@H]1C=C[C@@H]2C1. The Hall–Kier alpha value is -1.61. The van der Waals surface area contributed by atoms with Gasteiger partial charge in [-0.25, -0.2) is 4.90 Å². The van der Waals surface area contributed by atoms with E-state index in [1.54, 1.807) is 24.3 Å². The number of rotatable bonds is 1. The number of carbonyl (C=O) groups is 2. The molecule has 1 saturated carbocycles. The Balaban J connectivity index is 1.82. The molecule has 1 aromatic rings. The molecule has 1 saturated heterocycles. The first-order valence-electron chi connectivity index (χ1n) is 6.86. The number of fused-ring (bicyclic) bond motifs is 5. The van der Waals surface area contributed by atoms with E-state index in [0.29, 0.717) is 10.7 Å². The fourth-order valence-corrected chi connectivity index (χ4v) is 4.35. The van der Waals surface area contributed by atoms with Crippen LogP contribution in [-0.2, 0) is 9.59 Å². The van der Waals surface area contributed by atoms with Crippen LogP contribution in [0.3, 0.4) is 0 Å². The minimum Gasteiger partial charge on any atom is -0.274 e. The van der Waals surface area contributed by atoms with Crippen LogP contribution in [-0.4, -0.2) is 11.8 Å². The molecule has 1 aliphatic heterocycles. The lowest BCUT2D eigenvalue weighted by molar-refractivity contribution is -0.127. The molecule has 2 amide bonds. The predicted molar refractivity (Wildman–Crippen MR) is 76.3 cm³/mol. The number of amides is 2. The fourth-order valence-electron chi connectivity index (χ4n) is 4.17. The number of anilines is 1. The number of imide groups is 1. The van der Waals surface area contributed by atoms with Gasteiger partial charge in [0.25, 0.3) is 0 Å². The molecule has 0 radical (unpaired) electrons. The van der Waals surface area contributed by atoms with Crippen molar-refractivity contribution in [2.24, 2.45) is 23.2 Å². The van der Waals surface area contributed by atoms with E-state index in [1.165, 1.54) is 4.90 Å². The molecule has 1 aromatic carbocycles.